The van der Waals surface area contributed by atoms with E-state index >= 15 is 0 Å². The van der Waals surface area contributed by atoms with Gasteiger partial charge in [0.25, 0.3) is 0 Å². The molecule has 17 heavy (non-hydrogen) atoms. The summed E-state index contributed by atoms with van der Waals surface area (Å²) in [6, 6.07) is 0. The lowest BCUT2D eigenvalue weighted by Crippen LogP contribution is -2.49. The number of carbonyl (C=O) groups excluding carboxylic acids is 1. The molecule has 1 aliphatic carbocycles. The minimum atomic E-state index is -1.03. The van der Waals surface area contributed by atoms with Gasteiger partial charge in [0.2, 0.25) is 5.91 Å². The van der Waals surface area contributed by atoms with E-state index in [1.54, 1.807) is 0 Å². The van der Waals surface area contributed by atoms with Crippen LogP contribution in [0.4, 0.5) is 0 Å². The van der Waals surface area contributed by atoms with Crippen molar-refractivity contribution in [2.75, 3.05) is 32.9 Å². The number of carboxylic acid groups (broad SMARTS) is 1. The third-order valence-electron chi connectivity index (χ3n) is 2.97. The summed E-state index contributed by atoms with van der Waals surface area (Å²) in [6.07, 6.45) is 1.47. The smallest absolute Gasteiger partial charge is 0.334 e. The average molecular weight is 243 g/mol. The van der Waals surface area contributed by atoms with Crippen LogP contribution in [-0.2, 0) is 19.1 Å². The van der Waals surface area contributed by atoms with Crippen LogP contribution in [0.15, 0.2) is 0 Å². The lowest BCUT2D eigenvalue weighted by atomic mass is 10.2. The molecule has 0 radical (unpaired) electrons. The van der Waals surface area contributed by atoms with Crippen LogP contribution in [0, 0.1) is 5.92 Å². The Balaban J connectivity index is 1.71. The van der Waals surface area contributed by atoms with Crippen LogP contribution in [0.1, 0.15) is 12.8 Å². The van der Waals surface area contributed by atoms with Crippen LogP contribution in [-0.4, -0.2) is 60.9 Å². The molecule has 0 spiro atoms. The van der Waals surface area contributed by atoms with Crippen molar-refractivity contribution in [2.45, 2.75) is 18.9 Å². The maximum atomic E-state index is 11.7. The van der Waals surface area contributed by atoms with E-state index in [0.717, 1.165) is 0 Å². The number of hydrogen-bond donors (Lipinski definition) is 1. The molecule has 0 bridgehead atoms. The molecule has 2 rings (SSSR count). The lowest BCUT2D eigenvalue weighted by Gasteiger charge is -2.30. The lowest BCUT2D eigenvalue weighted by molar-refractivity contribution is -0.160. The van der Waals surface area contributed by atoms with Gasteiger partial charge in [0.15, 0.2) is 6.10 Å². The van der Waals surface area contributed by atoms with Crippen molar-refractivity contribution < 1.29 is 24.2 Å². The van der Waals surface area contributed by atoms with E-state index in [2.05, 4.69) is 0 Å². The summed E-state index contributed by atoms with van der Waals surface area (Å²) in [4.78, 5) is 24.0. The highest BCUT2D eigenvalue weighted by atomic mass is 16.5. The summed E-state index contributed by atoms with van der Waals surface area (Å²) in [5.74, 6) is -0.555. The molecule has 1 saturated heterocycles. The van der Waals surface area contributed by atoms with Crippen molar-refractivity contribution in [1.82, 2.24) is 4.90 Å². The van der Waals surface area contributed by atoms with E-state index in [1.807, 2.05) is 0 Å². The van der Waals surface area contributed by atoms with Gasteiger partial charge in [-0.1, -0.05) is 0 Å². The monoisotopic (exact) mass is 243 g/mol. The van der Waals surface area contributed by atoms with E-state index in [9.17, 15) is 9.59 Å². The molecule has 0 aromatic heterocycles. The van der Waals surface area contributed by atoms with Gasteiger partial charge in [-0.2, -0.15) is 0 Å². The minimum absolute atomic E-state index is 0.0445. The van der Waals surface area contributed by atoms with Crippen LogP contribution in [0.5, 0.6) is 0 Å². The first kappa shape index (κ1) is 12.3. The molecule has 1 unspecified atom stereocenters. The number of ether oxygens (including phenoxy) is 2. The Morgan fingerprint density at radius 3 is 2.82 bits per heavy atom. The highest BCUT2D eigenvalue weighted by Crippen LogP contribution is 2.28. The van der Waals surface area contributed by atoms with Gasteiger partial charge in [0.1, 0.15) is 6.61 Å². The van der Waals surface area contributed by atoms with Crippen molar-refractivity contribution >= 4 is 11.9 Å². The van der Waals surface area contributed by atoms with Crippen molar-refractivity contribution in [1.29, 1.82) is 0 Å². The molecule has 2 aliphatic rings. The normalized spacial score (nSPS) is 24.7. The predicted octanol–water partition coefficient (Wildman–Crippen LogP) is -0.275. The summed E-state index contributed by atoms with van der Waals surface area (Å²) >= 11 is 0. The molecule has 0 aromatic carbocycles. The van der Waals surface area contributed by atoms with Gasteiger partial charge in [-0.05, 0) is 18.8 Å². The Labute approximate surface area is 99.5 Å². The third kappa shape index (κ3) is 3.67. The van der Waals surface area contributed by atoms with Gasteiger partial charge in [0.05, 0.1) is 19.8 Å². The second-order valence-corrected chi connectivity index (χ2v) is 4.50. The zero-order chi connectivity index (χ0) is 12.3. The summed E-state index contributed by atoms with van der Waals surface area (Å²) in [5.41, 5.74) is 0. The zero-order valence-electron chi connectivity index (χ0n) is 9.63. The second-order valence-electron chi connectivity index (χ2n) is 4.50. The summed E-state index contributed by atoms with van der Waals surface area (Å²) < 4.78 is 10.3. The first-order valence-electron chi connectivity index (χ1n) is 5.86. The largest absolute Gasteiger partial charge is 0.479 e. The van der Waals surface area contributed by atoms with Crippen LogP contribution in [0.3, 0.4) is 0 Å². The van der Waals surface area contributed by atoms with Gasteiger partial charge in [-0.15, -0.1) is 0 Å². The number of carbonyl (C=O) groups is 2. The first-order chi connectivity index (χ1) is 8.16. The molecule has 2 fully saturated rings. The van der Waals surface area contributed by atoms with Crippen LogP contribution >= 0.6 is 0 Å². The molecule has 6 nitrogen and oxygen atoms in total. The highest BCUT2D eigenvalue weighted by Gasteiger charge is 2.29. The van der Waals surface area contributed by atoms with Gasteiger partial charge < -0.3 is 19.5 Å². The fourth-order valence-corrected chi connectivity index (χ4v) is 1.71. The van der Waals surface area contributed by atoms with Crippen molar-refractivity contribution in [3.05, 3.63) is 0 Å². The van der Waals surface area contributed by atoms with Crippen molar-refractivity contribution in [3.8, 4) is 0 Å². The number of amides is 1. The van der Waals surface area contributed by atoms with E-state index < -0.39 is 12.1 Å². The molecule has 1 N–H and O–H groups in total. The SMILES string of the molecule is O=C(O)C1CN(C(=O)COCC2CC2)CCO1. The molecular weight excluding hydrogens is 226 g/mol. The Bertz CT molecular complexity index is 302. The third-order valence-corrected chi connectivity index (χ3v) is 2.97. The molecule has 6 heteroatoms. The predicted molar refractivity (Wildman–Crippen MR) is 57.5 cm³/mol. The quantitative estimate of drug-likeness (QED) is 0.719. The Hall–Kier alpha value is -1.14. The van der Waals surface area contributed by atoms with E-state index in [4.69, 9.17) is 14.6 Å². The number of morpholine rings is 1. The van der Waals surface area contributed by atoms with Crippen LogP contribution in [0.2, 0.25) is 0 Å². The molecule has 1 atom stereocenters. The number of rotatable bonds is 5. The van der Waals surface area contributed by atoms with E-state index in [0.29, 0.717) is 19.1 Å². The molecule has 1 heterocycles. The minimum Gasteiger partial charge on any atom is -0.479 e. The Morgan fingerprint density at radius 1 is 1.41 bits per heavy atom. The van der Waals surface area contributed by atoms with Crippen LogP contribution < -0.4 is 0 Å². The Morgan fingerprint density at radius 2 is 2.18 bits per heavy atom. The first-order valence-corrected chi connectivity index (χ1v) is 5.86. The molecular formula is C11H17NO5. The summed E-state index contributed by atoms with van der Waals surface area (Å²) in [6.45, 7) is 1.50. The van der Waals surface area contributed by atoms with E-state index in [-0.39, 0.29) is 25.7 Å². The molecule has 1 amide bonds. The molecule has 96 valence electrons. The average Bonchev–Trinajstić information content (AvgIpc) is 3.13. The number of carboxylic acids is 1. The van der Waals surface area contributed by atoms with Gasteiger partial charge in [0, 0.05) is 6.54 Å². The van der Waals surface area contributed by atoms with Crippen LogP contribution in [0.25, 0.3) is 0 Å². The number of aliphatic carboxylic acids is 1. The fraction of sp³-hybridized carbons (Fsp3) is 0.818. The molecule has 1 aliphatic heterocycles. The topological polar surface area (TPSA) is 76.1 Å². The number of hydrogen-bond acceptors (Lipinski definition) is 4. The highest BCUT2D eigenvalue weighted by molar-refractivity contribution is 5.79. The maximum Gasteiger partial charge on any atom is 0.334 e. The van der Waals surface area contributed by atoms with Gasteiger partial charge >= 0.3 is 5.97 Å². The number of nitrogens with zero attached hydrogens (tertiary/aromatic N) is 1. The van der Waals surface area contributed by atoms with Crippen molar-refractivity contribution in [2.24, 2.45) is 5.92 Å². The molecule has 0 aromatic rings. The standard InChI is InChI=1S/C11H17NO5/c13-10(7-16-6-8-1-2-8)12-3-4-17-9(5-12)11(14)15/h8-9H,1-7H2,(H,14,15). The van der Waals surface area contributed by atoms with Gasteiger partial charge in [-0.25, -0.2) is 4.79 Å². The maximum absolute atomic E-state index is 11.7. The van der Waals surface area contributed by atoms with Gasteiger partial charge in [-0.3, -0.25) is 4.79 Å². The summed E-state index contributed by atoms with van der Waals surface area (Å²) in [7, 11) is 0. The Kier molecular flexibility index (Phi) is 3.96. The van der Waals surface area contributed by atoms with Crippen molar-refractivity contribution in [3.63, 3.8) is 0 Å². The molecule has 1 saturated carbocycles. The summed E-state index contributed by atoms with van der Waals surface area (Å²) in [5, 5.41) is 8.80. The van der Waals surface area contributed by atoms with E-state index in [1.165, 1.54) is 17.7 Å². The zero-order valence-corrected chi connectivity index (χ0v) is 9.63. The second kappa shape index (κ2) is 5.46. The fourth-order valence-electron chi connectivity index (χ4n) is 1.71.